The van der Waals surface area contributed by atoms with Crippen molar-refractivity contribution in [2.24, 2.45) is 0 Å². The molecule has 3 rings (SSSR count). The Morgan fingerprint density at radius 2 is 2.14 bits per heavy atom. The van der Waals surface area contributed by atoms with Crippen LogP contribution in [-0.4, -0.2) is 21.8 Å². The van der Waals surface area contributed by atoms with Crippen molar-refractivity contribution >= 4 is 11.6 Å². The van der Waals surface area contributed by atoms with E-state index in [2.05, 4.69) is 4.98 Å². The molecule has 1 aliphatic rings. The Bertz CT molecular complexity index is 650. The smallest absolute Gasteiger partial charge is 0.256 e. The Morgan fingerprint density at radius 1 is 1.33 bits per heavy atom. The maximum Gasteiger partial charge on any atom is 0.256 e. The fraction of sp³-hybridized carbons (Fsp3) is 0.294. The summed E-state index contributed by atoms with van der Waals surface area (Å²) in [5.41, 5.74) is 9.25. The Balaban J connectivity index is 1.87. The molecule has 4 heteroatoms. The van der Waals surface area contributed by atoms with Crippen LogP contribution >= 0.6 is 0 Å². The number of nitrogens with zero attached hydrogens (tertiary/aromatic N) is 2. The highest BCUT2D eigenvalue weighted by atomic mass is 16.2. The van der Waals surface area contributed by atoms with Crippen LogP contribution in [0.1, 0.15) is 34.3 Å². The van der Waals surface area contributed by atoms with Crippen LogP contribution in [0.25, 0.3) is 0 Å². The van der Waals surface area contributed by atoms with Crippen molar-refractivity contribution in [1.29, 1.82) is 0 Å². The van der Waals surface area contributed by atoms with Gasteiger partial charge in [-0.15, -0.1) is 0 Å². The molecule has 0 unspecified atom stereocenters. The summed E-state index contributed by atoms with van der Waals surface area (Å²) in [6.45, 7) is 2.51. The number of aryl methyl sites for hydroxylation is 1. The number of hydrogen-bond donors (Lipinski definition) is 1. The fourth-order valence-electron chi connectivity index (χ4n) is 2.46. The van der Waals surface area contributed by atoms with Gasteiger partial charge in [0.1, 0.15) is 0 Å². The maximum atomic E-state index is 12.8. The summed E-state index contributed by atoms with van der Waals surface area (Å²) in [5.74, 6) is 0.0163. The fourth-order valence-corrected chi connectivity index (χ4v) is 2.46. The van der Waals surface area contributed by atoms with Gasteiger partial charge < -0.3 is 10.6 Å². The van der Waals surface area contributed by atoms with Crippen molar-refractivity contribution in [2.75, 3.05) is 5.73 Å². The number of benzene rings is 1. The Kier molecular flexibility index (Phi) is 3.60. The molecule has 1 fully saturated rings. The van der Waals surface area contributed by atoms with E-state index >= 15 is 0 Å². The number of para-hydroxylation sites is 1. The molecular formula is C17H19N3O. The second kappa shape index (κ2) is 5.56. The molecule has 0 aliphatic heterocycles. The van der Waals surface area contributed by atoms with Crippen molar-refractivity contribution in [1.82, 2.24) is 9.88 Å². The Hall–Kier alpha value is -2.36. The first-order valence-corrected chi connectivity index (χ1v) is 7.22. The predicted molar refractivity (Wildman–Crippen MR) is 82.7 cm³/mol. The summed E-state index contributed by atoms with van der Waals surface area (Å²) in [7, 11) is 0. The van der Waals surface area contributed by atoms with Gasteiger partial charge in [0, 0.05) is 30.7 Å². The first-order chi connectivity index (χ1) is 10.2. The first-order valence-electron chi connectivity index (χ1n) is 7.22. The summed E-state index contributed by atoms with van der Waals surface area (Å²) in [6, 6.07) is 9.84. The topological polar surface area (TPSA) is 59.2 Å². The van der Waals surface area contributed by atoms with Gasteiger partial charge in [0.15, 0.2) is 0 Å². The van der Waals surface area contributed by atoms with E-state index in [1.54, 1.807) is 6.20 Å². The van der Waals surface area contributed by atoms with E-state index in [0.717, 1.165) is 24.0 Å². The van der Waals surface area contributed by atoms with Crippen molar-refractivity contribution in [2.45, 2.75) is 32.4 Å². The van der Waals surface area contributed by atoms with Gasteiger partial charge in [-0.25, -0.2) is 0 Å². The molecule has 0 bridgehead atoms. The van der Waals surface area contributed by atoms with Gasteiger partial charge in [0.2, 0.25) is 0 Å². The number of nitrogen functional groups attached to an aromatic ring is 1. The number of nitrogens with two attached hydrogens (primary N) is 1. The third-order valence-electron chi connectivity index (χ3n) is 3.88. The number of anilines is 1. The van der Waals surface area contributed by atoms with Crippen LogP contribution in [0.3, 0.4) is 0 Å². The van der Waals surface area contributed by atoms with E-state index in [9.17, 15) is 4.79 Å². The molecule has 0 saturated heterocycles. The standard InChI is InChI=1S/C17H19N3O/c1-12-4-2-6-15(16(12)18)17(21)20(14-7-8-14)11-13-5-3-9-19-10-13/h2-6,9-10,14H,7-8,11,18H2,1H3. The minimum Gasteiger partial charge on any atom is -0.398 e. The number of pyridine rings is 1. The van der Waals surface area contributed by atoms with Gasteiger partial charge in [-0.05, 0) is 43.0 Å². The molecule has 1 aromatic heterocycles. The highest BCUT2D eigenvalue weighted by Gasteiger charge is 2.33. The average Bonchev–Trinajstić information content (AvgIpc) is 3.33. The lowest BCUT2D eigenvalue weighted by Gasteiger charge is -2.23. The lowest BCUT2D eigenvalue weighted by molar-refractivity contribution is 0.0731. The predicted octanol–water partition coefficient (Wildman–Crippen LogP) is 2.78. The third-order valence-corrected chi connectivity index (χ3v) is 3.88. The monoisotopic (exact) mass is 281 g/mol. The molecule has 108 valence electrons. The van der Waals surface area contributed by atoms with Crippen molar-refractivity contribution in [3.05, 3.63) is 59.4 Å². The summed E-state index contributed by atoms with van der Waals surface area (Å²) in [5, 5.41) is 0. The number of aromatic nitrogens is 1. The second-order valence-electron chi connectivity index (χ2n) is 5.56. The highest BCUT2D eigenvalue weighted by molar-refractivity contribution is 6.00. The van der Waals surface area contributed by atoms with Crippen LogP contribution in [0, 0.1) is 6.92 Å². The molecular weight excluding hydrogens is 262 g/mol. The van der Waals surface area contributed by atoms with Crippen LogP contribution in [0.5, 0.6) is 0 Å². The van der Waals surface area contributed by atoms with E-state index < -0.39 is 0 Å². The molecule has 2 N–H and O–H groups in total. The molecule has 1 heterocycles. The van der Waals surface area contributed by atoms with Gasteiger partial charge in [-0.1, -0.05) is 18.2 Å². The maximum absolute atomic E-state index is 12.8. The molecule has 0 atom stereocenters. The van der Waals surface area contributed by atoms with Gasteiger partial charge >= 0.3 is 0 Å². The molecule has 1 saturated carbocycles. The molecule has 21 heavy (non-hydrogen) atoms. The number of carbonyl (C=O) groups excluding carboxylic acids is 1. The van der Waals surface area contributed by atoms with Crippen LogP contribution in [-0.2, 0) is 6.54 Å². The first kappa shape index (κ1) is 13.6. The lowest BCUT2D eigenvalue weighted by atomic mass is 10.1. The normalized spacial score (nSPS) is 14.0. The summed E-state index contributed by atoms with van der Waals surface area (Å²) in [4.78, 5) is 18.9. The van der Waals surface area contributed by atoms with Crippen LogP contribution in [0.4, 0.5) is 5.69 Å². The summed E-state index contributed by atoms with van der Waals surface area (Å²) in [6.07, 6.45) is 5.68. The van der Waals surface area contributed by atoms with Gasteiger partial charge in [0.25, 0.3) is 5.91 Å². The molecule has 0 spiro atoms. The largest absolute Gasteiger partial charge is 0.398 e. The zero-order valence-electron chi connectivity index (χ0n) is 12.1. The Labute approximate surface area is 124 Å². The van der Waals surface area contributed by atoms with Gasteiger partial charge in [-0.2, -0.15) is 0 Å². The van der Waals surface area contributed by atoms with E-state index in [1.165, 1.54) is 0 Å². The molecule has 4 nitrogen and oxygen atoms in total. The van der Waals surface area contributed by atoms with Crippen molar-refractivity contribution < 1.29 is 4.79 Å². The quantitative estimate of drug-likeness (QED) is 0.877. The molecule has 0 radical (unpaired) electrons. The lowest BCUT2D eigenvalue weighted by Crippen LogP contribution is -2.33. The SMILES string of the molecule is Cc1cccc(C(=O)N(Cc2cccnc2)C2CC2)c1N. The van der Waals surface area contributed by atoms with Crippen LogP contribution < -0.4 is 5.73 Å². The molecule has 1 aliphatic carbocycles. The Morgan fingerprint density at radius 3 is 2.81 bits per heavy atom. The second-order valence-corrected chi connectivity index (χ2v) is 5.56. The van der Waals surface area contributed by atoms with Crippen LogP contribution in [0.2, 0.25) is 0 Å². The minimum absolute atomic E-state index is 0.0163. The van der Waals surface area contributed by atoms with Gasteiger partial charge in [0.05, 0.1) is 5.56 Å². The van der Waals surface area contributed by atoms with Crippen molar-refractivity contribution in [3.63, 3.8) is 0 Å². The molecule has 1 aromatic carbocycles. The number of rotatable bonds is 4. The zero-order valence-corrected chi connectivity index (χ0v) is 12.1. The van der Waals surface area contributed by atoms with Gasteiger partial charge in [-0.3, -0.25) is 9.78 Å². The minimum atomic E-state index is 0.0163. The van der Waals surface area contributed by atoms with E-state index in [-0.39, 0.29) is 5.91 Å². The zero-order chi connectivity index (χ0) is 14.8. The summed E-state index contributed by atoms with van der Waals surface area (Å²) < 4.78 is 0. The number of carbonyl (C=O) groups is 1. The average molecular weight is 281 g/mol. The highest BCUT2D eigenvalue weighted by Crippen LogP contribution is 2.31. The molecule has 2 aromatic rings. The van der Waals surface area contributed by atoms with E-state index in [4.69, 9.17) is 5.73 Å². The van der Waals surface area contributed by atoms with E-state index in [0.29, 0.717) is 23.8 Å². The molecule has 1 amide bonds. The summed E-state index contributed by atoms with van der Waals surface area (Å²) >= 11 is 0. The van der Waals surface area contributed by atoms with E-state index in [1.807, 2.05) is 48.4 Å². The number of hydrogen-bond acceptors (Lipinski definition) is 3. The van der Waals surface area contributed by atoms with Crippen molar-refractivity contribution in [3.8, 4) is 0 Å². The number of amides is 1. The third kappa shape index (κ3) is 2.89. The van der Waals surface area contributed by atoms with Crippen LogP contribution in [0.15, 0.2) is 42.7 Å².